The van der Waals surface area contributed by atoms with Gasteiger partial charge in [-0.2, -0.15) is 0 Å². The Morgan fingerprint density at radius 1 is 0.875 bits per heavy atom. The van der Waals surface area contributed by atoms with Gasteiger partial charge < -0.3 is 9.80 Å². The summed E-state index contributed by atoms with van der Waals surface area (Å²) in [5.74, 6) is 1.12. The van der Waals surface area contributed by atoms with Crippen LogP contribution >= 0.6 is 0 Å². The highest BCUT2D eigenvalue weighted by Crippen LogP contribution is 2.30. The molecular weight excluding hydrogens is 300 g/mol. The fraction of sp³-hybridized carbons (Fsp3) is 0.600. The van der Waals surface area contributed by atoms with E-state index in [1.54, 1.807) is 0 Å². The summed E-state index contributed by atoms with van der Waals surface area (Å²) in [6, 6.07) is 10.1. The maximum absolute atomic E-state index is 12.5. The SMILES string of the molecule is O=C(CCc1ccccc1)N1CCCN(C(=O)CC2CCC2)CC1. The van der Waals surface area contributed by atoms with E-state index in [4.69, 9.17) is 0 Å². The summed E-state index contributed by atoms with van der Waals surface area (Å²) >= 11 is 0. The molecule has 0 bridgehead atoms. The Bertz CT molecular complexity index is 554. The van der Waals surface area contributed by atoms with Crippen molar-refractivity contribution in [2.24, 2.45) is 5.92 Å². The Morgan fingerprint density at radius 3 is 2.17 bits per heavy atom. The van der Waals surface area contributed by atoms with E-state index in [0.717, 1.165) is 25.9 Å². The summed E-state index contributed by atoms with van der Waals surface area (Å²) in [5.41, 5.74) is 1.21. The van der Waals surface area contributed by atoms with Crippen molar-refractivity contribution in [2.45, 2.75) is 44.9 Å². The van der Waals surface area contributed by atoms with Crippen LogP contribution in [0.15, 0.2) is 30.3 Å². The van der Waals surface area contributed by atoms with E-state index in [2.05, 4.69) is 12.1 Å². The number of amides is 2. The third kappa shape index (κ3) is 4.59. The molecule has 0 N–H and O–H groups in total. The molecule has 0 spiro atoms. The molecule has 1 saturated carbocycles. The Labute approximate surface area is 144 Å². The van der Waals surface area contributed by atoms with Crippen molar-refractivity contribution in [1.29, 1.82) is 0 Å². The second-order valence-corrected chi connectivity index (χ2v) is 7.10. The lowest BCUT2D eigenvalue weighted by molar-refractivity contribution is -0.134. The number of aryl methyl sites for hydroxylation is 1. The number of carbonyl (C=O) groups excluding carboxylic acids is 2. The van der Waals surface area contributed by atoms with Crippen molar-refractivity contribution in [1.82, 2.24) is 9.80 Å². The van der Waals surface area contributed by atoms with Gasteiger partial charge in [0.15, 0.2) is 0 Å². The topological polar surface area (TPSA) is 40.6 Å². The normalized spacial score (nSPS) is 18.8. The third-order valence-electron chi connectivity index (χ3n) is 5.36. The first-order valence-corrected chi connectivity index (χ1v) is 9.32. The molecule has 24 heavy (non-hydrogen) atoms. The quantitative estimate of drug-likeness (QED) is 0.834. The Hall–Kier alpha value is -1.84. The predicted octanol–water partition coefficient (Wildman–Crippen LogP) is 2.87. The van der Waals surface area contributed by atoms with Crippen LogP contribution in [0.3, 0.4) is 0 Å². The molecule has 1 aromatic carbocycles. The zero-order valence-corrected chi connectivity index (χ0v) is 14.5. The standard InChI is InChI=1S/C20H28N2O2/c23-19(11-10-17-6-2-1-3-7-17)21-12-5-13-22(15-14-21)20(24)16-18-8-4-9-18/h1-3,6-7,18H,4-5,8-16H2. The molecule has 1 heterocycles. The van der Waals surface area contributed by atoms with Crippen LogP contribution in [-0.2, 0) is 16.0 Å². The second-order valence-electron chi connectivity index (χ2n) is 7.10. The van der Waals surface area contributed by atoms with Crippen LogP contribution in [0.5, 0.6) is 0 Å². The lowest BCUT2D eigenvalue weighted by Crippen LogP contribution is -2.38. The molecule has 2 amide bonds. The zero-order chi connectivity index (χ0) is 16.8. The van der Waals surface area contributed by atoms with Gasteiger partial charge in [0.05, 0.1) is 0 Å². The van der Waals surface area contributed by atoms with Crippen LogP contribution in [0, 0.1) is 5.92 Å². The van der Waals surface area contributed by atoms with Crippen molar-refractivity contribution in [3.05, 3.63) is 35.9 Å². The highest BCUT2D eigenvalue weighted by atomic mass is 16.2. The Kier molecular flexibility index (Phi) is 5.89. The van der Waals surface area contributed by atoms with E-state index in [9.17, 15) is 9.59 Å². The molecule has 4 heteroatoms. The van der Waals surface area contributed by atoms with Gasteiger partial charge in [0, 0.05) is 39.0 Å². The van der Waals surface area contributed by atoms with Gasteiger partial charge >= 0.3 is 0 Å². The number of carbonyl (C=O) groups is 2. The lowest BCUT2D eigenvalue weighted by Gasteiger charge is -2.28. The second kappa shape index (κ2) is 8.32. The monoisotopic (exact) mass is 328 g/mol. The number of hydrogen-bond donors (Lipinski definition) is 0. The van der Waals surface area contributed by atoms with Gasteiger partial charge in [0.25, 0.3) is 0 Å². The van der Waals surface area contributed by atoms with Gasteiger partial charge in [-0.1, -0.05) is 36.8 Å². The molecule has 1 aromatic rings. The molecule has 1 aliphatic heterocycles. The average Bonchev–Trinajstić information content (AvgIpc) is 2.83. The molecule has 1 saturated heterocycles. The van der Waals surface area contributed by atoms with E-state index < -0.39 is 0 Å². The number of benzene rings is 1. The molecule has 1 aliphatic carbocycles. The summed E-state index contributed by atoms with van der Waals surface area (Å²) in [5, 5.41) is 0. The van der Waals surface area contributed by atoms with E-state index in [0.29, 0.717) is 37.8 Å². The minimum atomic E-state index is 0.215. The molecule has 0 radical (unpaired) electrons. The lowest BCUT2D eigenvalue weighted by atomic mass is 9.82. The molecule has 4 nitrogen and oxygen atoms in total. The minimum absolute atomic E-state index is 0.215. The molecule has 2 aliphatic rings. The molecular formula is C20H28N2O2. The van der Waals surface area contributed by atoms with Crippen LogP contribution in [0.4, 0.5) is 0 Å². The van der Waals surface area contributed by atoms with E-state index in [-0.39, 0.29) is 5.91 Å². The minimum Gasteiger partial charge on any atom is -0.341 e. The smallest absolute Gasteiger partial charge is 0.222 e. The summed E-state index contributed by atoms with van der Waals surface area (Å²) in [6.07, 6.45) is 6.66. The van der Waals surface area contributed by atoms with Crippen molar-refractivity contribution in [3.8, 4) is 0 Å². The summed E-state index contributed by atoms with van der Waals surface area (Å²) in [6.45, 7) is 2.96. The van der Waals surface area contributed by atoms with Crippen molar-refractivity contribution < 1.29 is 9.59 Å². The molecule has 0 atom stereocenters. The fourth-order valence-electron chi connectivity index (χ4n) is 3.54. The molecule has 0 aromatic heterocycles. The van der Waals surface area contributed by atoms with Crippen LogP contribution in [0.2, 0.25) is 0 Å². The van der Waals surface area contributed by atoms with Crippen LogP contribution in [-0.4, -0.2) is 47.8 Å². The van der Waals surface area contributed by atoms with Gasteiger partial charge in [-0.25, -0.2) is 0 Å². The molecule has 0 unspecified atom stereocenters. The first-order chi connectivity index (χ1) is 11.7. The van der Waals surface area contributed by atoms with E-state index in [1.165, 1.54) is 24.8 Å². The van der Waals surface area contributed by atoms with Gasteiger partial charge in [-0.15, -0.1) is 0 Å². The first kappa shape index (κ1) is 17.0. The Balaban J connectivity index is 1.44. The fourth-order valence-corrected chi connectivity index (χ4v) is 3.54. The Morgan fingerprint density at radius 2 is 1.54 bits per heavy atom. The maximum atomic E-state index is 12.5. The van der Waals surface area contributed by atoms with Crippen molar-refractivity contribution in [3.63, 3.8) is 0 Å². The van der Waals surface area contributed by atoms with Crippen molar-refractivity contribution >= 4 is 11.8 Å². The molecule has 2 fully saturated rings. The number of hydrogen-bond acceptors (Lipinski definition) is 2. The summed E-state index contributed by atoms with van der Waals surface area (Å²) in [7, 11) is 0. The summed E-state index contributed by atoms with van der Waals surface area (Å²) < 4.78 is 0. The van der Waals surface area contributed by atoms with Gasteiger partial charge in [-0.3, -0.25) is 9.59 Å². The zero-order valence-electron chi connectivity index (χ0n) is 14.5. The van der Waals surface area contributed by atoms with Gasteiger partial charge in [0.2, 0.25) is 11.8 Å². The highest BCUT2D eigenvalue weighted by Gasteiger charge is 2.26. The van der Waals surface area contributed by atoms with Crippen LogP contribution in [0.25, 0.3) is 0 Å². The van der Waals surface area contributed by atoms with Gasteiger partial charge in [0.1, 0.15) is 0 Å². The number of rotatable bonds is 5. The van der Waals surface area contributed by atoms with Gasteiger partial charge in [-0.05, 0) is 37.2 Å². The number of nitrogens with zero attached hydrogens (tertiary/aromatic N) is 2. The summed E-state index contributed by atoms with van der Waals surface area (Å²) in [4.78, 5) is 28.7. The third-order valence-corrected chi connectivity index (χ3v) is 5.36. The van der Waals surface area contributed by atoms with E-state index >= 15 is 0 Å². The largest absolute Gasteiger partial charge is 0.341 e. The maximum Gasteiger partial charge on any atom is 0.222 e. The molecule has 3 rings (SSSR count). The molecule has 130 valence electrons. The van der Waals surface area contributed by atoms with Crippen LogP contribution < -0.4 is 0 Å². The van der Waals surface area contributed by atoms with Crippen molar-refractivity contribution in [2.75, 3.05) is 26.2 Å². The highest BCUT2D eigenvalue weighted by molar-refractivity contribution is 5.78. The van der Waals surface area contributed by atoms with E-state index in [1.807, 2.05) is 28.0 Å². The predicted molar refractivity (Wildman–Crippen MR) is 94.5 cm³/mol. The first-order valence-electron chi connectivity index (χ1n) is 9.32. The average molecular weight is 328 g/mol. The van der Waals surface area contributed by atoms with Crippen LogP contribution in [0.1, 0.15) is 44.1 Å².